The average molecular weight is 272 g/mol. The average Bonchev–Trinajstić information content (AvgIpc) is 2.47. The quantitative estimate of drug-likeness (QED) is 0.672. The second kappa shape index (κ2) is 6.70. The Morgan fingerprint density at radius 2 is 2.00 bits per heavy atom. The molecule has 0 aliphatic rings. The molecule has 0 aliphatic carbocycles. The number of halogens is 1. The van der Waals surface area contributed by atoms with Gasteiger partial charge in [-0.05, 0) is 36.2 Å². The first-order valence-corrected chi connectivity index (χ1v) is 6.38. The van der Waals surface area contributed by atoms with Gasteiger partial charge in [-0.2, -0.15) is 0 Å². The Bertz CT molecular complexity index is 611. The summed E-state index contributed by atoms with van der Waals surface area (Å²) in [6, 6.07) is 14.0. The summed E-state index contributed by atoms with van der Waals surface area (Å²) in [5, 5.41) is 0. The highest BCUT2D eigenvalue weighted by atomic mass is 19.1. The van der Waals surface area contributed by atoms with Gasteiger partial charge in [-0.15, -0.1) is 0 Å². The van der Waals surface area contributed by atoms with E-state index in [0.29, 0.717) is 24.6 Å². The Balaban J connectivity index is 2.04. The molecule has 20 heavy (non-hydrogen) atoms. The molecule has 0 saturated heterocycles. The number of methoxy groups -OCH3 is 1. The van der Waals surface area contributed by atoms with E-state index in [4.69, 9.17) is 10.5 Å². The lowest BCUT2D eigenvalue weighted by molar-refractivity contribution is 0.414. The number of amidine groups is 1. The third kappa shape index (κ3) is 3.57. The van der Waals surface area contributed by atoms with E-state index in [1.165, 1.54) is 12.1 Å². The highest BCUT2D eigenvalue weighted by Gasteiger charge is 2.05. The number of nitrogens with zero attached hydrogens (tertiary/aromatic N) is 1. The molecule has 2 aromatic rings. The standard InChI is InChI=1S/C16H17FN2O/c1-20-15-8-3-2-7-14(15)16(18)19-10-9-12-5-4-6-13(17)11-12/h2-8,11H,9-10H2,1H3,(H2,18,19). The van der Waals surface area contributed by atoms with Crippen LogP contribution in [0, 0.1) is 5.82 Å². The molecule has 0 spiro atoms. The van der Waals surface area contributed by atoms with Crippen molar-refractivity contribution in [1.82, 2.24) is 0 Å². The summed E-state index contributed by atoms with van der Waals surface area (Å²) in [5.41, 5.74) is 7.64. The SMILES string of the molecule is COc1ccccc1C(N)=NCCc1cccc(F)c1. The lowest BCUT2D eigenvalue weighted by Crippen LogP contribution is -2.15. The fourth-order valence-corrected chi connectivity index (χ4v) is 1.94. The van der Waals surface area contributed by atoms with Crippen LogP contribution >= 0.6 is 0 Å². The first-order valence-electron chi connectivity index (χ1n) is 6.38. The fraction of sp³-hybridized carbons (Fsp3) is 0.188. The van der Waals surface area contributed by atoms with Crippen molar-refractivity contribution in [3.05, 3.63) is 65.5 Å². The number of aliphatic imine (C=N–C) groups is 1. The van der Waals surface area contributed by atoms with Crippen molar-refractivity contribution < 1.29 is 9.13 Å². The number of ether oxygens (including phenoxy) is 1. The Morgan fingerprint density at radius 1 is 1.20 bits per heavy atom. The summed E-state index contributed by atoms with van der Waals surface area (Å²) < 4.78 is 18.3. The van der Waals surface area contributed by atoms with Gasteiger partial charge in [0, 0.05) is 6.54 Å². The molecule has 0 unspecified atom stereocenters. The van der Waals surface area contributed by atoms with Gasteiger partial charge in [0.1, 0.15) is 17.4 Å². The maximum atomic E-state index is 13.0. The summed E-state index contributed by atoms with van der Waals surface area (Å²) in [6.07, 6.45) is 0.646. The summed E-state index contributed by atoms with van der Waals surface area (Å²) in [4.78, 5) is 4.32. The molecule has 104 valence electrons. The van der Waals surface area contributed by atoms with Crippen molar-refractivity contribution >= 4 is 5.84 Å². The summed E-state index contributed by atoms with van der Waals surface area (Å²) in [5.74, 6) is 0.891. The Kier molecular flexibility index (Phi) is 4.71. The maximum absolute atomic E-state index is 13.0. The molecule has 0 saturated carbocycles. The molecule has 0 atom stereocenters. The smallest absolute Gasteiger partial charge is 0.129 e. The van der Waals surface area contributed by atoms with E-state index in [1.807, 2.05) is 30.3 Å². The predicted molar refractivity (Wildman–Crippen MR) is 78.7 cm³/mol. The Labute approximate surface area is 117 Å². The van der Waals surface area contributed by atoms with Crippen molar-refractivity contribution in [1.29, 1.82) is 0 Å². The van der Waals surface area contributed by atoms with Crippen LogP contribution in [0.5, 0.6) is 5.75 Å². The van der Waals surface area contributed by atoms with Gasteiger partial charge in [0.25, 0.3) is 0 Å². The van der Waals surface area contributed by atoms with Gasteiger partial charge in [0.05, 0.1) is 12.7 Å². The molecule has 0 heterocycles. The minimum atomic E-state index is -0.232. The molecular formula is C16H17FN2O. The lowest BCUT2D eigenvalue weighted by atomic mass is 10.1. The van der Waals surface area contributed by atoms with E-state index in [1.54, 1.807) is 13.2 Å². The summed E-state index contributed by atoms with van der Waals surface area (Å²) in [7, 11) is 1.60. The second-order valence-electron chi connectivity index (χ2n) is 4.35. The minimum Gasteiger partial charge on any atom is -0.496 e. The number of hydrogen-bond acceptors (Lipinski definition) is 2. The van der Waals surface area contributed by atoms with Gasteiger partial charge in [-0.1, -0.05) is 24.3 Å². The van der Waals surface area contributed by atoms with Crippen molar-refractivity contribution in [3.63, 3.8) is 0 Å². The Hall–Kier alpha value is -2.36. The third-order valence-electron chi connectivity index (χ3n) is 2.95. The highest BCUT2D eigenvalue weighted by molar-refractivity contribution is 5.99. The lowest BCUT2D eigenvalue weighted by Gasteiger charge is -2.07. The van der Waals surface area contributed by atoms with E-state index < -0.39 is 0 Å². The molecule has 2 rings (SSSR count). The van der Waals surface area contributed by atoms with Crippen molar-refractivity contribution in [2.45, 2.75) is 6.42 Å². The van der Waals surface area contributed by atoms with Gasteiger partial charge in [-0.3, -0.25) is 4.99 Å². The van der Waals surface area contributed by atoms with Crippen LogP contribution in [-0.2, 0) is 6.42 Å². The van der Waals surface area contributed by atoms with Crippen LogP contribution in [0.4, 0.5) is 4.39 Å². The van der Waals surface area contributed by atoms with E-state index in [9.17, 15) is 4.39 Å². The molecule has 4 heteroatoms. The first-order chi connectivity index (χ1) is 9.70. The summed E-state index contributed by atoms with van der Waals surface area (Å²) in [6.45, 7) is 0.507. The zero-order chi connectivity index (χ0) is 14.4. The molecule has 0 radical (unpaired) electrons. The van der Waals surface area contributed by atoms with E-state index in [2.05, 4.69) is 4.99 Å². The normalized spacial score (nSPS) is 11.4. The van der Waals surface area contributed by atoms with Gasteiger partial charge in [0.15, 0.2) is 0 Å². The van der Waals surface area contributed by atoms with Crippen LogP contribution in [0.2, 0.25) is 0 Å². The third-order valence-corrected chi connectivity index (χ3v) is 2.95. The molecule has 2 N–H and O–H groups in total. The largest absolute Gasteiger partial charge is 0.496 e. The molecular weight excluding hydrogens is 255 g/mol. The highest BCUT2D eigenvalue weighted by Crippen LogP contribution is 2.16. The summed E-state index contributed by atoms with van der Waals surface area (Å²) >= 11 is 0. The van der Waals surface area contributed by atoms with Crippen LogP contribution < -0.4 is 10.5 Å². The first kappa shape index (κ1) is 14.1. The fourth-order valence-electron chi connectivity index (χ4n) is 1.94. The van der Waals surface area contributed by atoms with Gasteiger partial charge in [-0.25, -0.2) is 4.39 Å². The monoisotopic (exact) mass is 272 g/mol. The minimum absolute atomic E-state index is 0.232. The predicted octanol–water partition coefficient (Wildman–Crippen LogP) is 2.78. The van der Waals surface area contributed by atoms with Crippen molar-refractivity contribution in [2.24, 2.45) is 10.7 Å². The van der Waals surface area contributed by atoms with Crippen LogP contribution in [-0.4, -0.2) is 19.5 Å². The molecule has 0 bridgehead atoms. The van der Waals surface area contributed by atoms with Crippen LogP contribution in [0.1, 0.15) is 11.1 Å². The molecule has 2 aromatic carbocycles. The number of rotatable bonds is 5. The van der Waals surface area contributed by atoms with E-state index >= 15 is 0 Å². The van der Waals surface area contributed by atoms with E-state index in [0.717, 1.165) is 11.1 Å². The zero-order valence-corrected chi connectivity index (χ0v) is 11.3. The molecule has 0 amide bonds. The zero-order valence-electron chi connectivity index (χ0n) is 11.3. The van der Waals surface area contributed by atoms with Gasteiger partial charge in [0.2, 0.25) is 0 Å². The van der Waals surface area contributed by atoms with Crippen molar-refractivity contribution in [2.75, 3.05) is 13.7 Å². The topological polar surface area (TPSA) is 47.6 Å². The number of hydrogen-bond donors (Lipinski definition) is 1. The van der Waals surface area contributed by atoms with Crippen molar-refractivity contribution in [3.8, 4) is 5.75 Å². The van der Waals surface area contributed by atoms with E-state index in [-0.39, 0.29) is 5.82 Å². The van der Waals surface area contributed by atoms with Crippen LogP contribution in [0.3, 0.4) is 0 Å². The van der Waals surface area contributed by atoms with Crippen LogP contribution in [0.15, 0.2) is 53.5 Å². The molecule has 0 aromatic heterocycles. The van der Waals surface area contributed by atoms with Crippen LogP contribution in [0.25, 0.3) is 0 Å². The number of para-hydroxylation sites is 1. The second-order valence-corrected chi connectivity index (χ2v) is 4.35. The molecule has 0 fully saturated rings. The Morgan fingerprint density at radius 3 is 2.75 bits per heavy atom. The number of benzene rings is 2. The van der Waals surface area contributed by atoms with Gasteiger partial charge >= 0.3 is 0 Å². The number of nitrogens with two attached hydrogens (primary N) is 1. The van der Waals surface area contributed by atoms with Gasteiger partial charge < -0.3 is 10.5 Å². The molecule has 3 nitrogen and oxygen atoms in total. The maximum Gasteiger partial charge on any atom is 0.129 e. The molecule has 0 aliphatic heterocycles.